The lowest BCUT2D eigenvalue weighted by Crippen LogP contribution is -2.09. The van der Waals surface area contributed by atoms with Gasteiger partial charge in [0.1, 0.15) is 0 Å². The number of aryl methyl sites for hydroxylation is 1. The van der Waals surface area contributed by atoms with Gasteiger partial charge in [0, 0.05) is 12.3 Å². The molecule has 0 aliphatic carbocycles. The molecule has 3 heteroatoms. The summed E-state index contributed by atoms with van der Waals surface area (Å²) >= 11 is 0. The Bertz CT molecular complexity index is 729. The second kappa shape index (κ2) is 15.6. The van der Waals surface area contributed by atoms with Crippen molar-refractivity contribution in [3.63, 3.8) is 0 Å². The Morgan fingerprint density at radius 3 is 2.55 bits per heavy atom. The van der Waals surface area contributed by atoms with Gasteiger partial charge < -0.3 is 9.84 Å². The van der Waals surface area contributed by atoms with E-state index in [0.29, 0.717) is 12.5 Å². The van der Waals surface area contributed by atoms with E-state index in [-0.39, 0.29) is 6.10 Å². The summed E-state index contributed by atoms with van der Waals surface area (Å²) in [5, 5.41) is 10.4. The summed E-state index contributed by atoms with van der Waals surface area (Å²) in [5.41, 5.74) is 3.51. The molecule has 0 spiro atoms. The van der Waals surface area contributed by atoms with Crippen molar-refractivity contribution in [2.45, 2.75) is 90.1 Å². The molecule has 1 heterocycles. The van der Waals surface area contributed by atoms with Crippen LogP contribution in [0.15, 0.2) is 55.3 Å². The summed E-state index contributed by atoms with van der Waals surface area (Å²) in [7, 11) is 0. The van der Waals surface area contributed by atoms with E-state index >= 15 is 0 Å². The quantitative estimate of drug-likeness (QED) is 0.211. The van der Waals surface area contributed by atoms with Crippen LogP contribution in [0.3, 0.4) is 0 Å². The zero-order valence-electron chi connectivity index (χ0n) is 19.4. The van der Waals surface area contributed by atoms with Crippen LogP contribution < -0.4 is 4.74 Å². The van der Waals surface area contributed by atoms with Crippen LogP contribution in [0, 0.1) is 0 Å². The number of allylic oxidation sites excluding steroid dienone is 1. The first-order valence-corrected chi connectivity index (χ1v) is 12.2. The summed E-state index contributed by atoms with van der Waals surface area (Å²) in [4.78, 5) is 4.56. The van der Waals surface area contributed by atoms with E-state index in [1.807, 2.05) is 18.3 Å². The van der Waals surface area contributed by atoms with Gasteiger partial charge in [-0.15, -0.1) is 6.58 Å². The van der Waals surface area contributed by atoms with E-state index in [1.165, 1.54) is 49.7 Å². The minimum Gasteiger partial charge on any atom is -0.478 e. The number of ether oxygens (including phenoxy) is 1. The number of aromatic nitrogens is 1. The minimum atomic E-state index is -0.238. The lowest BCUT2D eigenvalue weighted by Gasteiger charge is -2.15. The van der Waals surface area contributed by atoms with Crippen molar-refractivity contribution in [1.29, 1.82) is 0 Å². The second-order valence-corrected chi connectivity index (χ2v) is 8.43. The third kappa shape index (κ3) is 10.1. The topological polar surface area (TPSA) is 42.4 Å². The lowest BCUT2D eigenvalue weighted by atomic mass is 9.96. The van der Waals surface area contributed by atoms with Crippen molar-refractivity contribution < 1.29 is 9.84 Å². The summed E-state index contributed by atoms with van der Waals surface area (Å²) in [6, 6.07) is 12.5. The van der Waals surface area contributed by atoms with Crippen LogP contribution in [-0.2, 0) is 6.42 Å². The van der Waals surface area contributed by atoms with Crippen molar-refractivity contribution in [2.24, 2.45) is 0 Å². The predicted molar refractivity (Wildman–Crippen MR) is 132 cm³/mol. The predicted octanol–water partition coefficient (Wildman–Crippen LogP) is 7.53. The molecule has 0 aliphatic rings. The molecule has 2 aromatic rings. The third-order valence-electron chi connectivity index (χ3n) is 5.74. The molecular formula is C28H41NO2. The number of hydrogen-bond donors (Lipinski definition) is 1. The normalized spacial score (nSPS) is 11.9. The van der Waals surface area contributed by atoms with Crippen molar-refractivity contribution in [3.8, 4) is 17.0 Å². The number of nitrogens with zero attached hydrogens (tertiary/aromatic N) is 1. The first kappa shape index (κ1) is 25.1. The number of aliphatic hydroxyl groups excluding tert-OH is 1. The van der Waals surface area contributed by atoms with Gasteiger partial charge in [-0.1, -0.05) is 81.9 Å². The van der Waals surface area contributed by atoms with Crippen LogP contribution in [0.25, 0.3) is 11.1 Å². The number of unbranched alkanes of at least 4 members (excludes halogenated alkanes) is 7. The van der Waals surface area contributed by atoms with E-state index in [2.05, 4.69) is 48.8 Å². The first-order valence-electron chi connectivity index (χ1n) is 12.2. The highest BCUT2D eigenvalue weighted by atomic mass is 16.5. The zero-order valence-corrected chi connectivity index (χ0v) is 19.4. The maximum Gasteiger partial charge on any atom is 0.213 e. The third-order valence-corrected chi connectivity index (χ3v) is 5.74. The molecule has 1 N–H and O–H groups in total. The molecule has 1 unspecified atom stereocenters. The van der Waals surface area contributed by atoms with Crippen LogP contribution in [0.2, 0.25) is 0 Å². The van der Waals surface area contributed by atoms with Crippen molar-refractivity contribution >= 4 is 0 Å². The number of pyridine rings is 1. The average molecular weight is 424 g/mol. The standard InChI is InChI=1S/C28H41NO2/c1-3-5-7-9-10-15-21-31-28-22-27(24-16-12-11-13-17-24)25(23-29-28)19-20-26(30)18-14-8-6-4-2/h3,11-13,16-17,22-23,26,30H,1,4-10,14-15,18-21H2,2H3. The summed E-state index contributed by atoms with van der Waals surface area (Å²) in [6.07, 6.45) is 16.7. The molecule has 1 aromatic heterocycles. The Balaban J connectivity index is 1.93. The van der Waals surface area contributed by atoms with Crippen LogP contribution in [0.5, 0.6) is 5.88 Å². The maximum atomic E-state index is 10.4. The zero-order chi connectivity index (χ0) is 22.2. The Morgan fingerprint density at radius 2 is 1.77 bits per heavy atom. The molecule has 3 nitrogen and oxygen atoms in total. The van der Waals surface area contributed by atoms with Gasteiger partial charge in [0.15, 0.2) is 0 Å². The van der Waals surface area contributed by atoms with Crippen molar-refractivity contribution in [2.75, 3.05) is 6.61 Å². The van der Waals surface area contributed by atoms with Gasteiger partial charge in [0.05, 0.1) is 12.7 Å². The van der Waals surface area contributed by atoms with Gasteiger partial charge in [-0.3, -0.25) is 0 Å². The van der Waals surface area contributed by atoms with E-state index in [4.69, 9.17) is 4.74 Å². The van der Waals surface area contributed by atoms with Crippen LogP contribution in [-0.4, -0.2) is 22.8 Å². The fraction of sp³-hybridized carbons (Fsp3) is 0.536. The molecule has 0 bridgehead atoms. The number of hydrogen-bond acceptors (Lipinski definition) is 3. The second-order valence-electron chi connectivity index (χ2n) is 8.43. The Labute approximate surface area is 189 Å². The molecule has 170 valence electrons. The molecule has 0 saturated heterocycles. The molecule has 0 fully saturated rings. The maximum absolute atomic E-state index is 10.4. The molecule has 0 aliphatic heterocycles. The molecule has 0 saturated carbocycles. The Hall–Kier alpha value is -2.13. The molecule has 0 radical (unpaired) electrons. The van der Waals surface area contributed by atoms with Gasteiger partial charge in [-0.25, -0.2) is 4.98 Å². The lowest BCUT2D eigenvalue weighted by molar-refractivity contribution is 0.151. The smallest absolute Gasteiger partial charge is 0.213 e. The highest BCUT2D eigenvalue weighted by molar-refractivity contribution is 5.68. The average Bonchev–Trinajstić information content (AvgIpc) is 2.81. The van der Waals surface area contributed by atoms with Gasteiger partial charge in [-0.05, 0) is 55.2 Å². The van der Waals surface area contributed by atoms with Crippen molar-refractivity contribution in [3.05, 3.63) is 60.8 Å². The summed E-state index contributed by atoms with van der Waals surface area (Å²) in [5.74, 6) is 0.689. The van der Waals surface area contributed by atoms with Gasteiger partial charge >= 0.3 is 0 Å². The molecule has 1 aromatic carbocycles. The largest absolute Gasteiger partial charge is 0.478 e. The molecule has 0 amide bonds. The van der Waals surface area contributed by atoms with Gasteiger partial charge in [0.2, 0.25) is 5.88 Å². The first-order chi connectivity index (χ1) is 15.2. The molecule has 2 rings (SSSR count). The number of aliphatic hydroxyl groups is 1. The SMILES string of the molecule is C=CCCCCCCOc1cc(-c2ccccc2)c(CCC(O)CCCCCC)cn1. The number of benzene rings is 1. The van der Waals surface area contributed by atoms with E-state index < -0.39 is 0 Å². The minimum absolute atomic E-state index is 0.238. The fourth-order valence-electron chi connectivity index (χ4n) is 3.82. The summed E-state index contributed by atoms with van der Waals surface area (Å²) in [6.45, 7) is 6.68. The molecule has 31 heavy (non-hydrogen) atoms. The monoisotopic (exact) mass is 423 g/mol. The van der Waals surface area contributed by atoms with Crippen LogP contribution in [0.1, 0.15) is 83.1 Å². The number of rotatable bonds is 17. The van der Waals surface area contributed by atoms with Gasteiger partial charge in [-0.2, -0.15) is 0 Å². The molecular weight excluding hydrogens is 382 g/mol. The van der Waals surface area contributed by atoms with E-state index in [0.717, 1.165) is 44.1 Å². The highest BCUT2D eigenvalue weighted by Gasteiger charge is 2.11. The molecule has 1 atom stereocenters. The van der Waals surface area contributed by atoms with Crippen LogP contribution in [0.4, 0.5) is 0 Å². The van der Waals surface area contributed by atoms with E-state index in [9.17, 15) is 5.11 Å². The summed E-state index contributed by atoms with van der Waals surface area (Å²) < 4.78 is 5.95. The van der Waals surface area contributed by atoms with Crippen LogP contribution >= 0.6 is 0 Å². The Kier molecular flexibility index (Phi) is 12.7. The Morgan fingerprint density at radius 1 is 1.00 bits per heavy atom. The van der Waals surface area contributed by atoms with E-state index in [1.54, 1.807) is 0 Å². The van der Waals surface area contributed by atoms with Gasteiger partial charge in [0.25, 0.3) is 0 Å². The highest BCUT2D eigenvalue weighted by Crippen LogP contribution is 2.28. The van der Waals surface area contributed by atoms with Crippen molar-refractivity contribution in [1.82, 2.24) is 4.98 Å². The fourth-order valence-corrected chi connectivity index (χ4v) is 3.82.